The number of imidazole rings is 1. The molecule has 1 heterocycles. The van der Waals surface area contributed by atoms with Crippen LogP contribution >= 0.6 is 0 Å². The SMILES string of the molecule is CCn1ccn(CCNC(C)C2CC2)c1=O. The van der Waals surface area contributed by atoms with E-state index in [9.17, 15) is 4.79 Å². The Labute approximate surface area is 96.3 Å². The predicted octanol–water partition coefficient (Wildman–Crippen LogP) is 1.06. The quantitative estimate of drug-likeness (QED) is 0.783. The molecule has 1 atom stereocenters. The standard InChI is InChI=1S/C12H21N3O/c1-3-14-8-9-15(12(14)16)7-6-13-10(2)11-4-5-11/h8-11,13H,3-7H2,1-2H3. The fourth-order valence-corrected chi connectivity index (χ4v) is 2.04. The van der Waals surface area contributed by atoms with Crippen LogP contribution in [-0.2, 0) is 13.1 Å². The van der Waals surface area contributed by atoms with Crippen molar-refractivity contribution in [3.05, 3.63) is 22.9 Å². The Balaban J connectivity index is 1.80. The van der Waals surface area contributed by atoms with Gasteiger partial charge in [-0.25, -0.2) is 4.79 Å². The molecule has 0 spiro atoms. The number of nitrogens with zero attached hydrogens (tertiary/aromatic N) is 2. The van der Waals surface area contributed by atoms with Crippen molar-refractivity contribution >= 4 is 0 Å². The molecular weight excluding hydrogens is 202 g/mol. The molecule has 0 amide bonds. The first-order valence-electron chi connectivity index (χ1n) is 6.21. The van der Waals surface area contributed by atoms with E-state index < -0.39 is 0 Å². The van der Waals surface area contributed by atoms with Crippen LogP contribution in [0.3, 0.4) is 0 Å². The molecular formula is C12H21N3O. The lowest BCUT2D eigenvalue weighted by Crippen LogP contribution is -2.33. The van der Waals surface area contributed by atoms with E-state index in [0.717, 1.165) is 25.6 Å². The largest absolute Gasteiger partial charge is 0.328 e. The molecule has 90 valence electrons. The molecule has 2 rings (SSSR count). The molecule has 1 aromatic heterocycles. The summed E-state index contributed by atoms with van der Waals surface area (Å²) < 4.78 is 3.50. The highest BCUT2D eigenvalue weighted by molar-refractivity contribution is 4.84. The van der Waals surface area contributed by atoms with E-state index in [1.54, 1.807) is 9.13 Å². The predicted molar refractivity (Wildman–Crippen MR) is 64.6 cm³/mol. The fraction of sp³-hybridized carbons (Fsp3) is 0.750. The van der Waals surface area contributed by atoms with Crippen molar-refractivity contribution in [3.63, 3.8) is 0 Å². The summed E-state index contributed by atoms with van der Waals surface area (Å²) >= 11 is 0. The average molecular weight is 223 g/mol. The van der Waals surface area contributed by atoms with Crippen LogP contribution in [0.4, 0.5) is 0 Å². The molecule has 0 aliphatic heterocycles. The highest BCUT2D eigenvalue weighted by Crippen LogP contribution is 2.32. The van der Waals surface area contributed by atoms with Gasteiger partial charge in [0.15, 0.2) is 0 Å². The maximum absolute atomic E-state index is 11.7. The first-order chi connectivity index (χ1) is 7.72. The third-order valence-corrected chi connectivity index (χ3v) is 3.41. The molecule has 4 nitrogen and oxygen atoms in total. The van der Waals surface area contributed by atoms with E-state index >= 15 is 0 Å². The van der Waals surface area contributed by atoms with E-state index in [4.69, 9.17) is 0 Å². The van der Waals surface area contributed by atoms with E-state index in [1.165, 1.54) is 12.8 Å². The second-order valence-corrected chi connectivity index (χ2v) is 4.64. The zero-order valence-electron chi connectivity index (χ0n) is 10.1. The second kappa shape index (κ2) is 4.87. The number of hydrogen-bond donors (Lipinski definition) is 1. The molecule has 0 saturated heterocycles. The molecule has 0 aromatic carbocycles. The van der Waals surface area contributed by atoms with Crippen molar-refractivity contribution < 1.29 is 0 Å². The van der Waals surface area contributed by atoms with Gasteiger partial charge in [-0.3, -0.25) is 9.13 Å². The van der Waals surface area contributed by atoms with Crippen molar-refractivity contribution in [3.8, 4) is 0 Å². The van der Waals surface area contributed by atoms with Gasteiger partial charge in [0.05, 0.1) is 0 Å². The fourth-order valence-electron chi connectivity index (χ4n) is 2.04. The molecule has 1 N–H and O–H groups in total. The molecule has 16 heavy (non-hydrogen) atoms. The van der Waals surface area contributed by atoms with E-state index in [1.807, 2.05) is 19.3 Å². The van der Waals surface area contributed by atoms with Crippen LogP contribution in [0.25, 0.3) is 0 Å². The first kappa shape index (κ1) is 11.5. The number of nitrogens with one attached hydrogen (secondary N) is 1. The van der Waals surface area contributed by atoms with Gasteiger partial charge in [-0.15, -0.1) is 0 Å². The molecule has 4 heteroatoms. The van der Waals surface area contributed by atoms with Crippen molar-refractivity contribution in [1.82, 2.24) is 14.5 Å². The highest BCUT2D eigenvalue weighted by Gasteiger charge is 2.27. The van der Waals surface area contributed by atoms with E-state index in [-0.39, 0.29) is 5.69 Å². The third-order valence-electron chi connectivity index (χ3n) is 3.41. The lowest BCUT2D eigenvalue weighted by atomic mass is 10.2. The number of hydrogen-bond acceptors (Lipinski definition) is 2. The van der Waals surface area contributed by atoms with Gasteiger partial charge in [-0.2, -0.15) is 0 Å². The number of aromatic nitrogens is 2. The van der Waals surface area contributed by atoms with Gasteiger partial charge in [-0.05, 0) is 32.6 Å². The molecule has 1 aliphatic carbocycles. The third kappa shape index (κ3) is 2.55. The second-order valence-electron chi connectivity index (χ2n) is 4.64. The molecule has 1 unspecified atom stereocenters. The summed E-state index contributed by atoms with van der Waals surface area (Å²) in [6, 6.07) is 0.601. The maximum atomic E-state index is 11.7. The first-order valence-corrected chi connectivity index (χ1v) is 6.21. The molecule has 1 fully saturated rings. The van der Waals surface area contributed by atoms with Crippen LogP contribution in [0.15, 0.2) is 17.2 Å². The zero-order chi connectivity index (χ0) is 11.5. The van der Waals surface area contributed by atoms with Crippen molar-refractivity contribution in [2.45, 2.75) is 45.8 Å². The minimum Gasteiger partial charge on any atom is -0.312 e. The molecule has 1 saturated carbocycles. The number of rotatable bonds is 6. The molecule has 0 radical (unpaired) electrons. The van der Waals surface area contributed by atoms with Crippen LogP contribution in [0.1, 0.15) is 26.7 Å². The number of aryl methyl sites for hydroxylation is 1. The monoisotopic (exact) mass is 223 g/mol. The Bertz CT molecular complexity index is 389. The van der Waals surface area contributed by atoms with Crippen LogP contribution < -0.4 is 11.0 Å². The van der Waals surface area contributed by atoms with Gasteiger partial charge in [0.1, 0.15) is 0 Å². The summed E-state index contributed by atoms with van der Waals surface area (Å²) in [5, 5.41) is 3.48. The van der Waals surface area contributed by atoms with E-state index in [0.29, 0.717) is 6.04 Å². The summed E-state index contributed by atoms with van der Waals surface area (Å²) in [5.74, 6) is 0.872. The van der Waals surface area contributed by atoms with Crippen molar-refractivity contribution in [2.24, 2.45) is 5.92 Å². The Morgan fingerprint density at radius 1 is 1.44 bits per heavy atom. The summed E-state index contributed by atoms with van der Waals surface area (Å²) in [4.78, 5) is 11.7. The minimum absolute atomic E-state index is 0.100. The van der Waals surface area contributed by atoms with Crippen LogP contribution in [0.2, 0.25) is 0 Å². The lowest BCUT2D eigenvalue weighted by Gasteiger charge is -2.12. The van der Waals surface area contributed by atoms with Gasteiger partial charge in [0.2, 0.25) is 0 Å². The molecule has 0 bridgehead atoms. The van der Waals surface area contributed by atoms with Crippen molar-refractivity contribution in [1.29, 1.82) is 0 Å². The smallest absolute Gasteiger partial charge is 0.312 e. The maximum Gasteiger partial charge on any atom is 0.328 e. The van der Waals surface area contributed by atoms with Crippen LogP contribution in [0.5, 0.6) is 0 Å². The van der Waals surface area contributed by atoms with Gasteiger partial charge in [0, 0.05) is 38.1 Å². The zero-order valence-corrected chi connectivity index (χ0v) is 10.1. The molecule has 1 aromatic rings. The van der Waals surface area contributed by atoms with Crippen LogP contribution in [0, 0.1) is 5.92 Å². The summed E-state index contributed by atoms with van der Waals surface area (Å²) in [7, 11) is 0. The molecule has 1 aliphatic rings. The summed E-state index contributed by atoms with van der Waals surface area (Å²) in [5.41, 5.74) is 0.100. The summed E-state index contributed by atoms with van der Waals surface area (Å²) in [6.45, 7) is 6.61. The Morgan fingerprint density at radius 3 is 2.69 bits per heavy atom. The van der Waals surface area contributed by atoms with Crippen molar-refractivity contribution in [2.75, 3.05) is 6.54 Å². The highest BCUT2D eigenvalue weighted by atomic mass is 16.1. The van der Waals surface area contributed by atoms with Gasteiger partial charge in [-0.1, -0.05) is 0 Å². The Morgan fingerprint density at radius 2 is 2.12 bits per heavy atom. The topological polar surface area (TPSA) is 39.0 Å². The normalized spacial score (nSPS) is 17.6. The minimum atomic E-state index is 0.100. The van der Waals surface area contributed by atoms with Gasteiger partial charge < -0.3 is 5.32 Å². The van der Waals surface area contributed by atoms with E-state index in [2.05, 4.69) is 12.2 Å². The Hall–Kier alpha value is -1.03. The lowest BCUT2D eigenvalue weighted by molar-refractivity contribution is 0.470. The Kier molecular flexibility index (Phi) is 3.49. The summed E-state index contributed by atoms with van der Waals surface area (Å²) in [6.07, 6.45) is 6.45. The van der Waals surface area contributed by atoms with Crippen LogP contribution in [-0.4, -0.2) is 21.7 Å². The van der Waals surface area contributed by atoms with Gasteiger partial charge >= 0.3 is 5.69 Å². The van der Waals surface area contributed by atoms with Gasteiger partial charge in [0.25, 0.3) is 0 Å². The average Bonchev–Trinajstić information content (AvgIpc) is 3.06.